The topological polar surface area (TPSA) is 138 Å². The van der Waals surface area contributed by atoms with Gasteiger partial charge in [-0.15, -0.1) is 0 Å². The van der Waals surface area contributed by atoms with E-state index >= 15 is 0 Å². The van der Waals surface area contributed by atoms with E-state index < -0.39 is 22.7 Å². The summed E-state index contributed by atoms with van der Waals surface area (Å²) in [5.74, 6) is -0.0717. The Kier molecular flexibility index (Phi) is 8.69. The summed E-state index contributed by atoms with van der Waals surface area (Å²) in [5, 5.41) is 4.91. The lowest BCUT2D eigenvalue weighted by molar-refractivity contribution is -0.137. The van der Waals surface area contributed by atoms with Gasteiger partial charge < -0.3 is 31.9 Å². The molecule has 0 bridgehead atoms. The molecule has 0 unspecified atom stereocenters. The van der Waals surface area contributed by atoms with Gasteiger partial charge in [0.15, 0.2) is 11.7 Å². The summed E-state index contributed by atoms with van der Waals surface area (Å²) in [6.07, 6.45) is -3.26. The van der Waals surface area contributed by atoms with E-state index in [-0.39, 0.29) is 28.6 Å². The molecule has 14 heteroatoms. The molecule has 2 heterocycles. The molecular weight excluding hydrogens is 559 g/mol. The number of carbonyl (C=O) groups excluding carboxylic acids is 1. The highest BCUT2D eigenvalue weighted by atomic mass is 35.5. The zero-order valence-electron chi connectivity index (χ0n) is 22.4. The number of nitrogens with zero attached hydrogens (tertiary/aromatic N) is 5. The average molecular weight is 588 g/mol. The fraction of sp³-hybridized carbons (Fsp3) is 0.259. The van der Waals surface area contributed by atoms with Crippen LogP contribution < -0.4 is 27.0 Å². The van der Waals surface area contributed by atoms with Gasteiger partial charge >= 0.3 is 6.18 Å². The minimum Gasteiger partial charge on any atom is -0.382 e. The number of carbonyl (C=O) groups is 1. The number of halogens is 4. The van der Waals surface area contributed by atoms with Crippen molar-refractivity contribution in [3.05, 3.63) is 76.6 Å². The molecule has 1 amide bonds. The molecule has 1 saturated heterocycles. The van der Waals surface area contributed by atoms with Crippen LogP contribution in [0.25, 0.3) is 0 Å². The number of amides is 1. The van der Waals surface area contributed by atoms with Gasteiger partial charge in [0.05, 0.1) is 16.3 Å². The minimum atomic E-state index is -4.67. The van der Waals surface area contributed by atoms with E-state index in [1.165, 1.54) is 24.4 Å². The van der Waals surface area contributed by atoms with E-state index in [2.05, 4.69) is 37.1 Å². The number of piperazine rings is 1. The Balaban J connectivity index is 1.66. The molecule has 0 saturated carbocycles. The van der Waals surface area contributed by atoms with Crippen LogP contribution in [-0.2, 0) is 6.18 Å². The van der Waals surface area contributed by atoms with Crippen LogP contribution in [0.3, 0.4) is 0 Å². The maximum absolute atomic E-state index is 13.2. The molecule has 0 spiro atoms. The molecule has 2 aromatic carbocycles. The van der Waals surface area contributed by atoms with Gasteiger partial charge in [-0.2, -0.15) is 18.2 Å². The lowest BCUT2D eigenvalue weighted by atomic mass is 10.1. The van der Waals surface area contributed by atoms with Gasteiger partial charge in [0.2, 0.25) is 5.95 Å². The molecular formula is C27H29ClF3N9O. The van der Waals surface area contributed by atoms with Crippen molar-refractivity contribution in [3.63, 3.8) is 0 Å². The Hall–Kier alpha value is -4.36. The highest BCUT2D eigenvalue weighted by molar-refractivity contribution is 6.31. The van der Waals surface area contributed by atoms with Crippen molar-refractivity contribution in [1.29, 1.82) is 0 Å². The van der Waals surface area contributed by atoms with Crippen LogP contribution in [0.2, 0.25) is 5.02 Å². The largest absolute Gasteiger partial charge is 0.417 e. The summed E-state index contributed by atoms with van der Waals surface area (Å²) >= 11 is 5.68. The highest BCUT2D eigenvalue weighted by Gasteiger charge is 2.33. The number of benzene rings is 2. The third kappa shape index (κ3) is 6.87. The summed E-state index contributed by atoms with van der Waals surface area (Å²) < 4.78 is 39.7. The van der Waals surface area contributed by atoms with Gasteiger partial charge in [0, 0.05) is 37.4 Å². The Morgan fingerprint density at radius 3 is 2.51 bits per heavy atom. The van der Waals surface area contributed by atoms with Gasteiger partial charge in [-0.25, -0.2) is 9.98 Å². The Labute approximate surface area is 239 Å². The first kappa shape index (κ1) is 29.6. The zero-order valence-corrected chi connectivity index (χ0v) is 23.1. The van der Waals surface area contributed by atoms with E-state index in [9.17, 15) is 18.0 Å². The van der Waals surface area contributed by atoms with Crippen LogP contribution >= 0.6 is 11.6 Å². The number of amidine groups is 1. The van der Waals surface area contributed by atoms with Crippen molar-refractivity contribution in [2.45, 2.75) is 13.1 Å². The van der Waals surface area contributed by atoms with Crippen LogP contribution in [0.15, 0.2) is 54.2 Å². The number of aromatic nitrogens is 2. The predicted octanol–water partition coefficient (Wildman–Crippen LogP) is 4.64. The number of nitrogens with one attached hydrogen (secondary N) is 2. The van der Waals surface area contributed by atoms with E-state index in [0.717, 1.165) is 25.2 Å². The molecule has 1 aliphatic rings. The van der Waals surface area contributed by atoms with Crippen molar-refractivity contribution in [1.82, 2.24) is 14.9 Å². The van der Waals surface area contributed by atoms with Gasteiger partial charge in [0.1, 0.15) is 11.4 Å². The Morgan fingerprint density at radius 2 is 1.85 bits per heavy atom. The zero-order chi connectivity index (χ0) is 29.9. The summed E-state index contributed by atoms with van der Waals surface area (Å²) in [6, 6.07) is 7.79. The maximum Gasteiger partial charge on any atom is 0.417 e. The van der Waals surface area contributed by atoms with Crippen LogP contribution in [0.5, 0.6) is 0 Å². The third-order valence-corrected chi connectivity index (χ3v) is 6.77. The van der Waals surface area contributed by atoms with Crippen molar-refractivity contribution in [2.75, 3.05) is 54.5 Å². The number of nitrogen functional groups attached to an aromatic ring is 1. The van der Waals surface area contributed by atoms with Crippen molar-refractivity contribution < 1.29 is 18.0 Å². The highest BCUT2D eigenvalue weighted by Crippen LogP contribution is 2.36. The lowest BCUT2D eigenvalue weighted by Crippen LogP contribution is -2.45. The average Bonchev–Trinajstić information content (AvgIpc) is 2.91. The number of rotatable bonds is 7. The molecule has 41 heavy (non-hydrogen) atoms. The molecule has 3 aromatic rings. The molecule has 0 radical (unpaired) electrons. The van der Waals surface area contributed by atoms with Crippen LogP contribution in [0.4, 0.5) is 42.0 Å². The number of aliphatic imine (C=N–C) groups is 1. The fourth-order valence-electron chi connectivity index (χ4n) is 4.12. The molecule has 216 valence electrons. The van der Waals surface area contributed by atoms with Gasteiger partial charge in [-0.1, -0.05) is 24.2 Å². The maximum atomic E-state index is 13.2. The minimum absolute atomic E-state index is 0.00649. The van der Waals surface area contributed by atoms with Gasteiger partial charge in [0.25, 0.3) is 5.91 Å². The quantitative estimate of drug-likeness (QED) is 0.232. The normalized spacial score (nSPS) is 14.6. The molecule has 1 aromatic heterocycles. The van der Waals surface area contributed by atoms with E-state index in [1.54, 1.807) is 13.0 Å². The second kappa shape index (κ2) is 12.0. The molecule has 0 atom stereocenters. The number of hydrogen-bond donors (Lipinski definition) is 4. The number of likely N-dealkylation sites (N-methyl/N-ethyl adjacent to an activating group) is 1. The second-order valence-corrected chi connectivity index (χ2v) is 9.82. The van der Waals surface area contributed by atoms with Crippen molar-refractivity contribution in [2.24, 2.45) is 10.7 Å². The van der Waals surface area contributed by atoms with Crippen LogP contribution in [0, 0.1) is 6.92 Å². The molecule has 0 aliphatic carbocycles. The smallest absolute Gasteiger partial charge is 0.382 e. The SMILES string of the molecule is C=CNc1c(N)nc(N2CCN(C)CC2)nc1C(N)=Nc1cc(C(=O)Nc2ccc(Cl)c(C(F)(F)F)c2)ccc1C. The lowest BCUT2D eigenvalue weighted by Gasteiger charge is -2.32. The summed E-state index contributed by atoms with van der Waals surface area (Å²) in [7, 11) is 2.03. The summed E-state index contributed by atoms with van der Waals surface area (Å²) in [4.78, 5) is 30.7. The van der Waals surface area contributed by atoms with Gasteiger partial charge in [-0.05, 0) is 56.1 Å². The number of anilines is 4. The summed E-state index contributed by atoms with van der Waals surface area (Å²) in [6.45, 7) is 8.51. The van der Waals surface area contributed by atoms with E-state index in [1.807, 2.05) is 11.9 Å². The van der Waals surface area contributed by atoms with Gasteiger partial charge in [-0.3, -0.25) is 4.79 Å². The first-order valence-electron chi connectivity index (χ1n) is 12.5. The number of hydrogen-bond acceptors (Lipinski definition) is 8. The van der Waals surface area contributed by atoms with Crippen molar-refractivity contribution in [3.8, 4) is 0 Å². The Bertz CT molecular complexity index is 1500. The predicted molar refractivity (Wildman–Crippen MR) is 156 cm³/mol. The Morgan fingerprint density at radius 1 is 1.15 bits per heavy atom. The molecule has 6 N–H and O–H groups in total. The van der Waals surface area contributed by atoms with Crippen LogP contribution in [0.1, 0.15) is 27.2 Å². The molecule has 4 rings (SSSR count). The standard InChI is InChI=1S/C27H29ClF3N9O/c1-4-34-21-22(37-26(38-23(21)32)40-11-9-39(3)10-12-40)24(33)36-20-13-16(6-5-15(20)2)25(41)35-17-7-8-19(28)18(14-17)27(29,30)31/h4-8,13-14,34H,1,9-12H2,2-3H3,(H2,33,36)(H,35,41)(H2,32,37,38). The molecule has 1 fully saturated rings. The van der Waals surface area contributed by atoms with Crippen LogP contribution in [-0.4, -0.2) is 59.8 Å². The number of alkyl halides is 3. The summed E-state index contributed by atoms with van der Waals surface area (Å²) in [5.41, 5.74) is 13.3. The molecule has 1 aliphatic heterocycles. The monoisotopic (exact) mass is 587 g/mol. The number of nitrogens with two attached hydrogens (primary N) is 2. The van der Waals surface area contributed by atoms with E-state index in [0.29, 0.717) is 36.0 Å². The third-order valence-electron chi connectivity index (χ3n) is 6.44. The fourth-order valence-corrected chi connectivity index (χ4v) is 4.35. The number of aryl methyl sites for hydroxylation is 1. The first-order valence-corrected chi connectivity index (χ1v) is 12.9. The first-order chi connectivity index (χ1) is 19.4. The second-order valence-electron chi connectivity index (χ2n) is 9.42. The van der Waals surface area contributed by atoms with Crippen molar-refractivity contribution >= 4 is 52.2 Å². The molecule has 10 nitrogen and oxygen atoms in total. The van der Waals surface area contributed by atoms with E-state index in [4.69, 9.17) is 23.1 Å².